The van der Waals surface area contributed by atoms with E-state index in [1.807, 2.05) is 6.07 Å². The summed E-state index contributed by atoms with van der Waals surface area (Å²) in [7, 11) is 0. The van der Waals surface area contributed by atoms with Crippen LogP contribution in [0, 0.1) is 17.3 Å². The molecule has 22 heavy (non-hydrogen) atoms. The molecule has 0 aliphatic heterocycles. The second-order valence-corrected chi connectivity index (χ2v) is 8.23. The molecule has 0 bridgehead atoms. The molecule has 3 aliphatic rings. The largest absolute Gasteiger partial charge is 0.508 e. The number of phenolic OH excluding ortho intramolecular Hbond substituents is 1. The molecule has 4 rings (SSSR count). The van der Waals surface area contributed by atoms with E-state index in [0.717, 1.165) is 32.1 Å². The lowest BCUT2D eigenvalue weighted by atomic mass is 9.49. The SMILES string of the molecule is CC1Cc2cc(O)ccc2C2CCC3(C)C(O)CCC3C12N. The van der Waals surface area contributed by atoms with Crippen molar-refractivity contribution in [3.8, 4) is 5.75 Å². The Morgan fingerprint density at radius 3 is 2.77 bits per heavy atom. The van der Waals surface area contributed by atoms with Gasteiger partial charge in [0.05, 0.1) is 6.10 Å². The molecule has 0 heterocycles. The van der Waals surface area contributed by atoms with Gasteiger partial charge in [0.25, 0.3) is 0 Å². The van der Waals surface area contributed by atoms with Gasteiger partial charge in [0.1, 0.15) is 5.75 Å². The lowest BCUT2D eigenvalue weighted by molar-refractivity contribution is -0.0504. The highest BCUT2D eigenvalue weighted by molar-refractivity contribution is 5.43. The average Bonchev–Trinajstić information content (AvgIpc) is 2.77. The van der Waals surface area contributed by atoms with Crippen LogP contribution in [0.25, 0.3) is 0 Å². The number of nitrogens with two attached hydrogens (primary N) is 1. The number of fused-ring (bicyclic) bond motifs is 5. The maximum atomic E-state index is 10.5. The van der Waals surface area contributed by atoms with Crippen molar-refractivity contribution in [1.82, 2.24) is 0 Å². The van der Waals surface area contributed by atoms with Gasteiger partial charge in [-0.25, -0.2) is 0 Å². The Labute approximate surface area is 132 Å². The van der Waals surface area contributed by atoms with Gasteiger partial charge in [-0.15, -0.1) is 0 Å². The summed E-state index contributed by atoms with van der Waals surface area (Å²) in [5, 5.41) is 20.3. The second kappa shape index (κ2) is 4.48. The number of rotatable bonds is 0. The molecule has 3 heteroatoms. The molecule has 3 nitrogen and oxygen atoms in total. The van der Waals surface area contributed by atoms with Crippen LogP contribution in [-0.4, -0.2) is 21.9 Å². The standard InChI is InChI=1S/C19H27NO2/c1-11-9-12-10-13(21)3-4-14(12)15-7-8-18(2)16(19(11,15)20)5-6-17(18)22/h3-4,10-11,15-17,21-22H,5-9,20H2,1-2H3. The van der Waals surface area contributed by atoms with Crippen molar-refractivity contribution in [3.63, 3.8) is 0 Å². The van der Waals surface area contributed by atoms with Crippen LogP contribution >= 0.6 is 0 Å². The molecule has 1 aromatic rings. The Bertz CT molecular complexity index is 615. The quantitative estimate of drug-likeness (QED) is 0.690. The fourth-order valence-electron chi connectivity index (χ4n) is 6.05. The number of benzene rings is 1. The summed E-state index contributed by atoms with van der Waals surface area (Å²) in [6, 6.07) is 5.80. The number of hydrogen-bond acceptors (Lipinski definition) is 3. The zero-order valence-corrected chi connectivity index (χ0v) is 13.5. The number of aliphatic hydroxyl groups excluding tert-OH is 1. The Morgan fingerprint density at radius 2 is 2.00 bits per heavy atom. The van der Waals surface area contributed by atoms with Crippen molar-refractivity contribution in [2.24, 2.45) is 23.0 Å². The zero-order valence-electron chi connectivity index (χ0n) is 13.5. The third-order valence-electron chi connectivity index (χ3n) is 7.35. The summed E-state index contributed by atoms with van der Waals surface area (Å²) in [6.45, 7) is 4.51. The van der Waals surface area contributed by atoms with Crippen molar-refractivity contribution < 1.29 is 10.2 Å². The van der Waals surface area contributed by atoms with E-state index < -0.39 is 0 Å². The molecule has 2 saturated carbocycles. The Morgan fingerprint density at radius 1 is 1.23 bits per heavy atom. The van der Waals surface area contributed by atoms with Crippen LogP contribution in [0.5, 0.6) is 5.75 Å². The monoisotopic (exact) mass is 301 g/mol. The summed E-state index contributed by atoms with van der Waals surface area (Å²) in [5.74, 6) is 1.48. The number of aromatic hydroxyl groups is 1. The number of hydrogen-bond donors (Lipinski definition) is 3. The van der Waals surface area contributed by atoms with E-state index in [-0.39, 0.29) is 17.1 Å². The normalized spacial score (nSPS) is 46.7. The van der Waals surface area contributed by atoms with Crippen LogP contribution in [-0.2, 0) is 6.42 Å². The third kappa shape index (κ3) is 1.64. The summed E-state index contributed by atoms with van der Waals surface area (Å²) >= 11 is 0. The average molecular weight is 301 g/mol. The highest BCUT2D eigenvalue weighted by Gasteiger charge is 2.62. The maximum absolute atomic E-state index is 10.5. The van der Waals surface area contributed by atoms with Crippen molar-refractivity contribution in [2.75, 3.05) is 0 Å². The van der Waals surface area contributed by atoms with E-state index in [1.54, 1.807) is 6.07 Å². The topological polar surface area (TPSA) is 66.5 Å². The Hall–Kier alpha value is -1.06. The van der Waals surface area contributed by atoms with Gasteiger partial charge in [-0.05, 0) is 72.6 Å². The second-order valence-electron chi connectivity index (χ2n) is 8.23. The minimum Gasteiger partial charge on any atom is -0.508 e. The van der Waals surface area contributed by atoms with E-state index in [1.165, 1.54) is 11.1 Å². The highest BCUT2D eigenvalue weighted by atomic mass is 16.3. The van der Waals surface area contributed by atoms with Crippen LogP contribution in [0.3, 0.4) is 0 Å². The molecular weight excluding hydrogens is 274 g/mol. The van der Waals surface area contributed by atoms with Gasteiger partial charge in [-0.3, -0.25) is 0 Å². The minimum atomic E-state index is -0.228. The molecule has 0 aromatic heterocycles. The first-order valence-corrected chi connectivity index (χ1v) is 8.66. The van der Waals surface area contributed by atoms with Crippen LogP contribution in [0.15, 0.2) is 18.2 Å². The van der Waals surface area contributed by atoms with Gasteiger partial charge < -0.3 is 15.9 Å². The van der Waals surface area contributed by atoms with Crippen LogP contribution in [0.4, 0.5) is 0 Å². The lowest BCUT2D eigenvalue weighted by Crippen LogP contribution is -2.65. The molecule has 0 radical (unpaired) electrons. The number of aliphatic hydroxyl groups is 1. The predicted octanol–water partition coefficient (Wildman–Crippen LogP) is 2.94. The molecule has 1 aromatic carbocycles. The lowest BCUT2D eigenvalue weighted by Gasteiger charge is -2.59. The molecule has 0 saturated heterocycles. The van der Waals surface area contributed by atoms with E-state index >= 15 is 0 Å². The predicted molar refractivity (Wildman–Crippen MR) is 86.7 cm³/mol. The first-order valence-electron chi connectivity index (χ1n) is 8.66. The molecule has 0 amide bonds. The van der Waals surface area contributed by atoms with Crippen LogP contribution in [0.1, 0.15) is 56.6 Å². The highest BCUT2D eigenvalue weighted by Crippen LogP contribution is 2.63. The number of phenols is 1. The zero-order chi connectivity index (χ0) is 15.7. The van der Waals surface area contributed by atoms with Gasteiger partial charge in [0.2, 0.25) is 0 Å². The van der Waals surface area contributed by atoms with Crippen molar-refractivity contribution in [2.45, 2.75) is 63.5 Å². The summed E-state index contributed by atoms with van der Waals surface area (Å²) in [5.41, 5.74) is 9.47. The Balaban J connectivity index is 1.83. The third-order valence-corrected chi connectivity index (χ3v) is 7.35. The molecule has 0 spiro atoms. The molecule has 6 atom stereocenters. The Kier molecular flexibility index (Phi) is 2.96. The summed E-state index contributed by atoms with van der Waals surface area (Å²) in [4.78, 5) is 0. The van der Waals surface area contributed by atoms with Gasteiger partial charge in [0.15, 0.2) is 0 Å². The van der Waals surface area contributed by atoms with Crippen molar-refractivity contribution >= 4 is 0 Å². The summed E-state index contributed by atoms with van der Waals surface area (Å²) < 4.78 is 0. The van der Waals surface area contributed by atoms with Crippen molar-refractivity contribution in [3.05, 3.63) is 29.3 Å². The minimum absolute atomic E-state index is 0.0199. The van der Waals surface area contributed by atoms with Gasteiger partial charge >= 0.3 is 0 Å². The van der Waals surface area contributed by atoms with Crippen LogP contribution in [0.2, 0.25) is 0 Å². The van der Waals surface area contributed by atoms with Gasteiger partial charge in [-0.2, -0.15) is 0 Å². The van der Waals surface area contributed by atoms with Crippen molar-refractivity contribution in [1.29, 1.82) is 0 Å². The van der Waals surface area contributed by atoms with Gasteiger partial charge in [0, 0.05) is 11.5 Å². The van der Waals surface area contributed by atoms with E-state index in [9.17, 15) is 10.2 Å². The smallest absolute Gasteiger partial charge is 0.115 e. The van der Waals surface area contributed by atoms with E-state index in [4.69, 9.17) is 5.73 Å². The molecule has 4 N–H and O–H groups in total. The first kappa shape index (κ1) is 14.5. The van der Waals surface area contributed by atoms with Gasteiger partial charge in [-0.1, -0.05) is 19.9 Å². The van der Waals surface area contributed by atoms with E-state index in [0.29, 0.717) is 23.5 Å². The fourth-order valence-corrected chi connectivity index (χ4v) is 6.05. The molecular formula is C19H27NO2. The van der Waals surface area contributed by atoms with E-state index in [2.05, 4.69) is 19.9 Å². The molecule has 2 fully saturated rings. The fraction of sp³-hybridized carbons (Fsp3) is 0.684. The maximum Gasteiger partial charge on any atom is 0.115 e. The van der Waals surface area contributed by atoms with Crippen LogP contribution < -0.4 is 5.73 Å². The molecule has 120 valence electrons. The summed E-state index contributed by atoms with van der Waals surface area (Å²) in [6.07, 6.45) is 4.76. The molecule has 6 unspecified atom stereocenters. The first-order chi connectivity index (χ1) is 10.4. The molecule has 3 aliphatic carbocycles.